The predicted molar refractivity (Wildman–Crippen MR) is 160 cm³/mol. The highest BCUT2D eigenvalue weighted by Gasteiger charge is 2.36. The Morgan fingerprint density at radius 2 is 1.67 bits per heavy atom. The highest BCUT2D eigenvalue weighted by Crippen LogP contribution is 2.37. The Labute approximate surface area is 245 Å². The normalized spacial score (nSPS) is 24.9. The van der Waals surface area contributed by atoms with Crippen LogP contribution in [0.3, 0.4) is 0 Å². The Hall–Kier alpha value is -3.99. The molecule has 1 atom stereocenters. The van der Waals surface area contributed by atoms with Crippen LogP contribution < -0.4 is 15.1 Å². The van der Waals surface area contributed by atoms with Crippen LogP contribution in [-0.4, -0.2) is 92.6 Å². The molecule has 11 heteroatoms. The molecule has 42 heavy (non-hydrogen) atoms. The summed E-state index contributed by atoms with van der Waals surface area (Å²) in [4.78, 5) is 28.1. The zero-order chi connectivity index (χ0) is 28.6. The minimum atomic E-state index is -0.666. The van der Waals surface area contributed by atoms with Gasteiger partial charge in [0.15, 0.2) is 5.82 Å². The second-order valence-electron chi connectivity index (χ2n) is 12.1. The number of aromatic hydroxyl groups is 1. The topological polar surface area (TPSA) is 131 Å². The Morgan fingerprint density at radius 1 is 0.905 bits per heavy atom. The maximum atomic E-state index is 11.3. The lowest BCUT2D eigenvalue weighted by Gasteiger charge is -2.49. The average molecular weight is 571 g/mol. The summed E-state index contributed by atoms with van der Waals surface area (Å²) in [5.74, 6) is 1.32. The van der Waals surface area contributed by atoms with Gasteiger partial charge in [0.25, 0.3) is 0 Å². The van der Waals surface area contributed by atoms with E-state index in [1.54, 1.807) is 6.07 Å². The zero-order valence-electron chi connectivity index (χ0n) is 23.8. The maximum absolute atomic E-state index is 11.3. The van der Waals surface area contributed by atoms with Crippen LogP contribution >= 0.6 is 0 Å². The highest BCUT2D eigenvalue weighted by molar-refractivity contribution is 5.76. The number of benzene rings is 1. The number of fused-ring (bicyclic) bond motifs is 3. The molecule has 3 aromatic rings. The summed E-state index contributed by atoms with van der Waals surface area (Å²) in [7, 11) is 0. The molecule has 1 aliphatic carbocycles. The van der Waals surface area contributed by atoms with Gasteiger partial charge in [-0.25, -0.2) is 9.97 Å². The molecule has 0 amide bonds. The Morgan fingerprint density at radius 3 is 2.40 bits per heavy atom. The number of nitrogens with zero attached hydrogens (tertiary/aromatic N) is 7. The number of para-hydroxylation sites is 1. The Kier molecular flexibility index (Phi) is 7.27. The number of phenols is 1. The van der Waals surface area contributed by atoms with Crippen molar-refractivity contribution in [2.24, 2.45) is 5.92 Å². The third-order valence-corrected chi connectivity index (χ3v) is 9.75. The molecule has 0 bridgehead atoms. The maximum Gasteiger partial charge on any atom is 0.306 e. The fraction of sp³-hybridized carbons (Fsp3) is 0.516. The average Bonchev–Trinajstić information content (AvgIpc) is 3.04. The van der Waals surface area contributed by atoms with Gasteiger partial charge in [0, 0.05) is 63.3 Å². The molecule has 0 spiro atoms. The number of hydrogen-bond donors (Lipinski definition) is 3. The van der Waals surface area contributed by atoms with E-state index in [-0.39, 0.29) is 11.7 Å². The molecule has 7 rings (SSSR count). The molecule has 2 saturated heterocycles. The number of piperidine rings is 1. The number of carboxylic acid groups (broad SMARTS) is 1. The van der Waals surface area contributed by atoms with E-state index in [1.807, 2.05) is 30.6 Å². The number of hydrogen-bond acceptors (Lipinski definition) is 10. The number of aliphatic carboxylic acids is 1. The van der Waals surface area contributed by atoms with Gasteiger partial charge in [-0.1, -0.05) is 12.1 Å². The standard InChI is InChI=1S/C31H38N8O3/c40-28-4-2-1-3-25(28)26-15-27-29(36-35-26)32-18-24-19-38(13-14-39(24)27)23-9-11-37(12-10-23)31-33-16-22(17-34-31)20-5-7-21(8-6-20)30(41)42/h1-4,15-17,20-21,23-24,40H,5-14,18-19H2,(H,32,36)(H,41,42)/t20-,21+,24-/m0/s1. The van der Waals surface area contributed by atoms with Crippen LogP contribution in [0.4, 0.5) is 17.5 Å². The van der Waals surface area contributed by atoms with E-state index < -0.39 is 5.97 Å². The van der Waals surface area contributed by atoms with Crippen LogP contribution in [0, 0.1) is 5.92 Å². The lowest BCUT2D eigenvalue weighted by atomic mass is 9.79. The van der Waals surface area contributed by atoms with Gasteiger partial charge in [-0.15, -0.1) is 10.2 Å². The first-order chi connectivity index (χ1) is 20.5. The van der Waals surface area contributed by atoms with E-state index in [2.05, 4.69) is 36.3 Å². The number of carboxylic acids is 1. The van der Waals surface area contributed by atoms with Crippen LogP contribution in [-0.2, 0) is 4.79 Å². The monoisotopic (exact) mass is 570 g/mol. The van der Waals surface area contributed by atoms with Gasteiger partial charge in [0.1, 0.15) is 5.75 Å². The summed E-state index contributed by atoms with van der Waals surface area (Å²) in [6.45, 7) is 5.67. The van der Waals surface area contributed by atoms with Crippen LogP contribution in [0.25, 0.3) is 11.3 Å². The van der Waals surface area contributed by atoms with Crippen molar-refractivity contribution in [2.75, 3.05) is 54.4 Å². The highest BCUT2D eigenvalue weighted by atomic mass is 16.4. The van der Waals surface area contributed by atoms with Crippen molar-refractivity contribution in [2.45, 2.75) is 56.5 Å². The van der Waals surface area contributed by atoms with Gasteiger partial charge in [-0.05, 0) is 68.2 Å². The number of nitrogens with one attached hydrogen (secondary N) is 1. The van der Waals surface area contributed by atoms with Crippen LogP contribution in [0.2, 0.25) is 0 Å². The van der Waals surface area contributed by atoms with Crippen LogP contribution in [0.1, 0.15) is 50.0 Å². The fourth-order valence-corrected chi connectivity index (χ4v) is 7.28. The van der Waals surface area contributed by atoms with Gasteiger partial charge in [0.05, 0.1) is 23.3 Å². The lowest BCUT2D eigenvalue weighted by Crippen LogP contribution is -2.61. The molecule has 4 aliphatic rings. The first-order valence-electron chi connectivity index (χ1n) is 15.2. The molecule has 220 valence electrons. The smallest absolute Gasteiger partial charge is 0.306 e. The number of carbonyl (C=O) groups is 1. The molecule has 3 aliphatic heterocycles. The number of anilines is 3. The van der Waals surface area contributed by atoms with Crippen molar-refractivity contribution < 1.29 is 15.0 Å². The predicted octanol–water partition coefficient (Wildman–Crippen LogP) is 3.58. The summed E-state index contributed by atoms with van der Waals surface area (Å²) in [5.41, 5.74) is 3.58. The largest absolute Gasteiger partial charge is 0.507 e. The summed E-state index contributed by atoms with van der Waals surface area (Å²) >= 11 is 0. The first kappa shape index (κ1) is 26.9. The van der Waals surface area contributed by atoms with E-state index in [0.29, 0.717) is 29.3 Å². The van der Waals surface area contributed by atoms with E-state index in [9.17, 15) is 15.0 Å². The van der Waals surface area contributed by atoms with Gasteiger partial charge in [-0.3, -0.25) is 9.69 Å². The van der Waals surface area contributed by atoms with Crippen molar-refractivity contribution in [3.05, 3.63) is 48.3 Å². The van der Waals surface area contributed by atoms with Gasteiger partial charge in [0.2, 0.25) is 5.95 Å². The minimum Gasteiger partial charge on any atom is -0.507 e. The summed E-state index contributed by atoms with van der Waals surface area (Å²) in [6, 6.07) is 10.2. The Bertz CT molecular complexity index is 1420. The fourth-order valence-electron chi connectivity index (χ4n) is 7.28. The molecule has 1 aromatic carbocycles. The van der Waals surface area contributed by atoms with Crippen LogP contribution in [0.5, 0.6) is 5.75 Å². The van der Waals surface area contributed by atoms with E-state index in [4.69, 9.17) is 9.97 Å². The van der Waals surface area contributed by atoms with E-state index in [0.717, 1.165) is 101 Å². The van der Waals surface area contributed by atoms with Gasteiger partial charge < -0.3 is 25.3 Å². The molecule has 0 unspecified atom stereocenters. The minimum absolute atomic E-state index is 0.201. The number of phenolic OH excluding ortho intramolecular Hbond substituents is 1. The summed E-state index contributed by atoms with van der Waals surface area (Å²) in [5, 5.41) is 31.9. The summed E-state index contributed by atoms with van der Waals surface area (Å²) in [6.07, 6.45) is 9.36. The third-order valence-electron chi connectivity index (χ3n) is 9.75. The third kappa shape index (κ3) is 5.21. The van der Waals surface area contributed by atoms with Crippen molar-refractivity contribution in [3.8, 4) is 17.0 Å². The second kappa shape index (κ2) is 11.4. The molecular formula is C31H38N8O3. The SMILES string of the molecule is O=C(O)[C@H]1CC[C@@H](c2cnc(N3CCC(N4CCN5c6cc(-c7ccccc7O)nnc6NC[C@H]5C4)CC3)nc2)CC1. The lowest BCUT2D eigenvalue weighted by molar-refractivity contribution is -0.142. The van der Waals surface area contributed by atoms with E-state index >= 15 is 0 Å². The molecule has 3 fully saturated rings. The number of rotatable bonds is 5. The van der Waals surface area contributed by atoms with E-state index in [1.165, 1.54) is 0 Å². The zero-order valence-corrected chi connectivity index (χ0v) is 23.8. The van der Waals surface area contributed by atoms with Crippen molar-refractivity contribution in [1.82, 2.24) is 25.1 Å². The van der Waals surface area contributed by atoms with Gasteiger partial charge in [-0.2, -0.15) is 0 Å². The molecule has 0 radical (unpaired) electrons. The molecule has 11 nitrogen and oxygen atoms in total. The van der Waals surface area contributed by atoms with Crippen LogP contribution in [0.15, 0.2) is 42.7 Å². The quantitative estimate of drug-likeness (QED) is 0.416. The molecule has 5 heterocycles. The second-order valence-corrected chi connectivity index (χ2v) is 12.1. The van der Waals surface area contributed by atoms with Crippen molar-refractivity contribution >= 4 is 23.4 Å². The molecule has 3 N–H and O–H groups in total. The first-order valence-corrected chi connectivity index (χ1v) is 15.2. The number of piperazine rings is 1. The molecule has 2 aromatic heterocycles. The number of aromatic nitrogens is 4. The van der Waals surface area contributed by atoms with Gasteiger partial charge >= 0.3 is 5.97 Å². The Balaban J connectivity index is 0.943. The van der Waals surface area contributed by atoms with Crippen molar-refractivity contribution in [3.63, 3.8) is 0 Å². The molecular weight excluding hydrogens is 532 g/mol. The summed E-state index contributed by atoms with van der Waals surface area (Å²) < 4.78 is 0. The molecule has 1 saturated carbocycles. The van der Waals surface area contributed by atoms with Crippen molar-refractivity contribution in [1.29, 1.82) is 0 Å².